The number of piperidine rings is 1. The molecular weight excluding hydrogens is 262 g/mol. The summed E-state index contributed by atoms with van der Waals surface area (Å²) in [5.41, 5.74) is 1.25. The molecule has 2 fully saturated rings. The Labute approximate surface area is 126 Å². The van der Waals surface area contributed by atoms with E-state index in [1.165, 1.54) is 37.7 Å². The average Bonchev–Trinajstić information content (AvgIpc) is 3.36. The fourth-order valence-corrected chi connectivity index (χ4v) is 2.75. The highest BCUT2D eigenvalue weighted by Gasteiger charge is 2.22. The van der Waals surface area contributed by atoms with Gasteiger partial charge in [0.1, 0.15) is 5.82 Å². The fraction of sp³-hybridized carbons (Fsp3) is 0.625. The molecule has 3 rings (SSSR count). The maximum absolute atomic E-state index is 4.61. The molecule has 1 aliphatic carbocycles. The Balaban J connectivity index is 1.63. The molecule has 0 bridgehead atoms. The molecule has 2 N–H and O–H groups in total. The van der Waals surface area contributed by atoms with Gasteiger partial charge in [-0.2, -0.15) is 0 Å². The number of guanidine groups is 1. The monoisotopic (exact) mass is 287 g/mol. The van der Waals surface area contributed by atoms with Gasteiger partial charge in [0.05, 0.1) is 0 Å². The summed E-state index contributed by atoms with van der Waals surface area (Å²) >= 11 is 0. The summed E-state index contributed by atoms with van der Waals surface area (Å²) < 4.78 is 0. The van der Waals surface area contributed by atoms with Crippen molar-refractivity contribution >= 4 is 11.8 Å². The highest BCUT2D eigenvalue weighted by atomic mass is 15.2. The lowest BCUT2D eigenvalue weighted by atomic mass is 10.1. The zero-order valence-corrected chi connectivity index (χ0v) is 12.8. The van der Waals surface area contributed by atoms with E-state index < -0.39 is 0 Å². The molecule has 0 atom stereocenters. The van der Waals surface area contributed by atoms with Crippen LogP contribution in [-0.2, 0) is 6.54 Å². The van der Waals surface area contributed by atoms with E-state index in [4.69, 9.17) is 0 Å². The van der Waals surface area contributed by atoms with Crippen molar-refractivity contribution in [2.24, 2.45) is 4.99 Å². The number of rotatable bonds is 4. The SMILES string of the molecule is CN=C(NCc1cccnc1N1CCCCC1)NC1CC1. The van der Waals surface area contributed by atoms with E-state index in [0.29, 0.717) is 6.04 Å². The Morgan fingerprint density at radius 1 is 1.33 bits per heavy atom. The third kappa shape index (κ3) is 3.86. The molecule has 2 aliphatic rings. The predicted molar refractivity (Wildman–Crippen MR) is 86.7 cm³/mol. The summed E-state index contributed by atoms with van der Waals surface area (Å²) in [6, 6.07) is 4.79. The van der Waals surface area contributed by atoms with Gasteiger partial charge in [-0.15, -0.1) is 0 Å². The molecule has 21 heavy (non-hydrogen) atoms. The molecule has 1 aromatic rings. The Kier molecular flexibility index (Phi) is 4.58. The normalized spacial score (nSPS) is 19.5. The van der Waals surface area contributed by atoms with Crippen molar-refractivity contribution in [3.63, 3.8) is 0 Å². The molecule has 2 heterocycles. The van der Waals surface area contributed by atoms with Crippen molar-refractivity contribution in [2.75, 3.05) is 25.0 Å². The molecule has 0 unspecified atom stereocenters. The molecule has 1 saturated heterocycles. The van der Waals surface area contributed by atoms with E-state index in [2.05, 4.69) is 31.6 Å². The van der Waals surface area contributed by atoms with E-state index in [-0.39, 0.29) is 0 Å². The van der Waals surface area contributed by atoms with Crippen LogP contribution in [0, 0.1) is 0 Å². The Bertz CT molecular complexity index is 489. The summed E-state index contributed by atoms with van der Waals surface area (Å²) in [4.78, 5) is 11.3. The predicted octanol–water partition coefficient (Wildman–Crippen LogP) is 1.90. The van der Waals surface area contributed by atoms with Crippen molar-refractivity contribution in [1.29, 1.82) is 0 Å². The molecule has 0 amide bonds. The van der Waals surface area contributed by atoms with Crippen molar-refractivity contribution in [3.05, 3.63) is 23.9 Å². The number of anilines is 1. The molecule has 1 aromatic heterocycles. The number of aliphatic imine (C=N–C) groups is 1. The minimum Gasteiger partial charge on any atom is -0.356 e. The highest BCUT2D eigenvalue weighted by molar-refractivity contribution is 5.80. The van der Waals surface area contributed by atoms with Gasteiger partial charge in [0.2, 0.25) is 0 Å². The quantitative estimate of drug-likeness (QED) is 0.656. The third-order valence-electron chi connectivity index (χ3n) is 4.11. The van der Waals surface area contributed by atoms with E-state index in [1.54, 1.807) is 0 Å². The van der Waals surface area contributed by atoms with Crippen LogP contribution in [0.3, 0.4) is 0 Å². The Morgan fingerprint density at radius 2 is 2.14 bits per heavy atom. The number of pyridine rings is 1. The molecule has 1 aliphatic heterocycles. The van der Waals surface area contributed by atoms with E-state index >= 15 is 0 Å². The molecule has 5 heteroatoms. The van der Waals surface area contributed by atoms with Gasteiger partial charge in [-0.1, -0.05) is 6.07 Å². The lowest BCUT2D eigenvalue weighted by Gasteiger charge is -2.29. The first-order valence-corrected chi connectivity index (χ1v) is 8.03. The minimum atomic E-state index is 0.617. The van der Waals surface area contributed by atoms with Crippen molar-refractivity contribution in [3.8, 4) is 0 Å². The van der Waals surface area contributed by atoms with Crippen LogP contribution in [0.5, 0.6) is 0 Å². The van der Waals surface area contributed by atoms with Gasteiger partial charge in [-0.3, -0.25) is 4.99 Å². The Hall–Kier alpha value is -1.78. The second-order valence-electron chi connectivity index (χ2n) is 5.88. The van der Waals surface area contributed by atoms with Gasteiger partial charge in [-0.25, -0.2) is 4.98 Å². The van der Waals surface area contributed by atoms with Crippen LogP contribution in [0.25, 0.3) is 0 Å². The van der Waals surface area contributed by atoms with Crippen molar-refractivity contribution in [1.82, 2.24) is 15.6 Å². The smallest absolute Gasteiger partial charge is 0.191 e. The maximum Gasteiger partial charge on any atom is 0.191 e. The molecule has 0 aromatic carbocycles. The zero-order valence-electron chi connectivity index (χ0n) is 12.8. The topological polar surface area (TPSA) is 52.6 Å². The number of nitrogens with one attached hydrogen (secondary N) is 2. The van der Waals surface area contributed by atoms with Crippen molar-refractivity contribution < 1.29 is 0 Å². The zero-order chi connectivity index (χ0) is 14.5. The summed E-state index contributed by atoms with van der Waals surface area (Å²) in [7, 11) is 1.83. The number of hydrogen-bond acceptors (Lipinski definition) is 3. The maximum atomic E-state index is 4.61. The van der Waals surface area contributed by atoms with Crippen LogP contribution in [0.1, 0.15) is 37.7 Å². The third-order valence-corrected chi connectivity index (χ3v) is 4.11. The first-order valence-electron chi connectivity index (χ1n) is 8.03. The van der Waals surface area contributed by atoms with E-state index in [1.807, 2.05) is 19.3 Å². The largest absolute Gasteiger partial charge is 0.356 e. The first kappa shape index (κ1) is 14.2. The van der Waals surface area contributed by atoms with Gasteiger partial charge in [0.15, 0.2) is 5.96 Å². The second-order valence-corrected chi connectivity index (χ2v) is 5.88. The minimum absolute atomic E-state index is 0.617. The summed E-state index contributed by atoms with van der Waals surface area (Å²) in [6.45, 7) is 3.02. The van der Waals surface area contributed by atoms with Gasteiger partial charge >= 0.3 is 0 Å². The average molecular weight is 287 g/mol. The summed E-state index contributed by atoms with van der Waals surface area (Å²) in [5, 5.41) is 6.82. The summed E-state index contributed by atoms with van der Waals surface area (Å²) in [5.74, 6) is 2.03. The first-order chi connectivity index (χ1) is 10.4. The van der Waals surface area contributed by atoms with Crippen LogP contribution in [0.15, 0.2) is 23.3 Å². The number of hydrogen-bond donors (Lipinski definition) is 2. The Morgan fingerprint density at radius 3 is 2.86 bits per heavy atom. The van der Waals surface area contributed by atoms with Gasteiger partial charge in [-0.05, 0) is 38.2 Å². The molecule has 0 spiro atoms. The summed E-state index contributed by atoms with van der Waals surface area (Å²) in [6.07, 6.45) is 8.29. The molecule has 114 valence electrons. The van der Waals surface area contributed by atoms with Crippen molar-refractivity contribution in [2.45, 2.75) is 44.7 Å². The van der Waals surface area contributed by atoms with Crippen LogP contribution < -0.4 is 15.5 Å². The highest BCUT2D eigenvalue weighted by Crippen LogP contribution is 2.21. The fourth-order valence-electron chi connectivity index (χ4n) is 2.75. The van der Waals surface area contributed by atoms with Crippen LogP contribution in [-0.4, -0.2) is 37.1 Å². The molecular formula is C16H25N5. The molecule has 0 radical (unpaired) electrons. The lowest BCUT2D eigenvalue weighted by molar-refractivity contribution is 0.571. The molecule has 1 saturated carbocycles. The van der Waals surface area contributed by atoms with Crippen LogP contribution >= 0.6 is 0 Å². The van der Waals surface area contributed by atoms with Gasteiger partial charge in [0, 0.05) is 44.5 Å². The van der Waals surface area contributed by atoms with E-state index in [9.17, 15) is 0 Å². The number of nitrogens with zero attached hydrogens (tertiary/aromatic N) is 3. The van der Waals surface area contributed by atoms with Crippen LogP contribution in [0.4, 0.5) is 5.82 Å². The van der Waals surface area contributed by atoms with E-state index in [0.717, 1.165) is 31.4 Å². The lowest BCUT2D eigenvalue weighted by Crippen LogP contribution is -2.38. The molecule has 5 nitrogen and oxygen atoms in total. The van der Waals surface area contributed by atoms with Gasteiger partial charge in [0.25, 0.3) is 0 Å². The second kappa shape index (κ2) is 6.78. The number of aromatic nitrogens is 1. The van der Waals surface area contributed by atoms with Crippen LogP contribution in [0.2, 0.25) is 0 Å². The standard InChI is InChI=1S/C16H25N5/c1-17-16(20-14-7-8-14)19-12-13-6-5-9-18-15(13)21-10-3-2-4-11-21/h5-6,9,14H,2-4,7-8,10-12H2,1H3,(H2,17,19,20). The van der Waals surface area contributed by atoms with Gasteiger partial charge < -0.3 is 15.5 Å².